The normalized spacial score (nSPS) is 20.7. The number of hydrogen-bond donors (Lipinski definition) is 0. The van der Waals surface area contributed by atoms with Gasteiger partial charge in [-0.1, -0.05) is 21.1 Å². The molecule has 2 aliphatic heterocycles. The minimum Gasteiger partial charge on any atom is -0.398 e. The van der Waals surface area contributed by atoms with E-state index in [1.54, 1.807) is 0 Å². The largest absolute Gasteiger partial charge is 0.398 e. The number of carbonyl (C=O) groups excluding carboxylic acids is 1. The van der Waals surface area contributed by atoms with Crippen molar-refractivity contribution in [3.63, 3.8) is 0 Å². The van der Waals surface area contributed by atoms with Gasteiger partial charge in [0.05, 0.1) is 5.69 Å². The van der Waals surface area contributed by atoms with Crippen molar-refractivity contribution < 1.29 is 9.63 Å². The average Bonchev–Trinajstić information content (AvgIpc) is 2.82. The molecule has 1 amide bonds. The summed E-state index contributed by atoms with van der Waals surface area (Å²) in [7, 11) is 3.62. The lowest BCUT2D eigenvalue weighted by atomic mass is 10.1. The van der Waals surface area contributed by atoms with E-state index in [9.17, 15) is 4.79 Å². The van der Waals surface area contributed by atoms with Crippen LogP contribution in [-0.2, 0) is 9.63 Å². The van der Waals surface area contributed by atoms with E-state index in [0.717, 1.165) is 54.9 Å². The molecule has 1 fully saturated rings. The van der Waals surface area contributed by atoms with Crippen LogP contribution in [0.15, 0.2) is 27.8 Å². The highest BCUT2D eigenvalue weighted by Crippen LogP contribution is 2.32. The number of nitrogens with zero attached hydrogens (tertiary/aromatic N) is 4. The van der Waals surface area contributed by atoms with Gasteiger partial charge in [-0.3, -0.25) is 4.79 Å². The Morgan fingerprint density at radius 2 is 1.96 bits per heavy atom. The predicted octanol–water partition coefficient (Wildman–Crippen LogP) is 1.78. The first kappa shape index (κ1) is 17.4. The first-order chi connectivity index (χ1) is 11.6. The summed E-state index contributed by atoms with van der Waals surface area (Å²) in [5.41, 5.74) is 2.13. The van der Waals surface area contributed by atoms with Gasteiger partial charge in [-0.2, -0.15) is 0 Å². The molecule has 1 saturated heterocycles. The van der Waals surface area contributed by atoms with Crippen LogP contribution >= 0.6 is 15.9 Å². The first-order valence-electron chi connectivity index (χ1n) is 8.24. The second-order valence-electron chi connectivity index (χ2n) is 6.24. The molecular weight excluding hydrogens is 372 g/mol. The monoisotopic (exact) mass is 394 g/mol. The molecule has 0 atom stereocenters. The molecule has 6 nitrogen and oxygen atoms in total. The van der Waals surface area contributed by atoms with Crippen molar-refractivity contribution in [2.45, 2.75) is 6.42 Å². The van der Waals surface area contributed by atoms with Crippen LogP contribution in [0.25, 0.3) is 0 Å². The van der Waals surface area contributed by atoms with E-state index in [1.807, 2.05) is 23.1 Å². The molecule has 1 aromatic rings. The zero-order valence-electron chi connectivity index (χ0n) is 14.2. The van der Waals surface area contributed by atoms with E-state index < -0.39 is 0 Å². The summed E-state index contributed by atoms with van der Waals surface area (Å²) in [5, 5.41) is 3.93. The molecule has 0 spiro atoms. The molecule has 2 heterocycles. The average molecular weight is 395 g/mol. The third kappa shape index (κ3) is 3.63. The van der Waals surface area contributed by atoms with Gasteiger partial charge in [0, 0.05) is 42.8 Å². The number of carbonyl (C=O) groups is 1. The molecule has 3 rings (SSSR count). The lowest BCUT2D eigenvalue weighted by Gasteiger charge is -2.32. The number of benzene rings is 1. The molecule has 1 aromatic carbocycles. The third-order valence-corrected chi connectivity index (χ3v) is 5.08. The van der Waals surface area contributed by atoms with Crippen molar-refractivity contribution in [3.8, 4) is 0 Å². The summed E-state index contributed by atoms with van der Waals surface area (Å²) in [6.07, 6.45) is 0.950. The van der Waals surface area contributed by atoms with Gasteiger partial charge in [0.15, 0.2) is 5.71 Å². The number of rotatable bonds is 5. The maximum Gasteiger partial charge on any atom is 0.281 e. The molecule has 0 radical (unpaired) electrons. The fourth-order valence-corrected chi connectivity index (χ4v) is 3.57. The molecule has 0 aromatic heterocycles. The summed E-state index contributed by atoms with van der Waals surface area (Å²) in [6, 6.07) is 5.84. The van der Waals surface area contributed by atoms with Crippen LogP contribution in [0.3, 0.4) is 0 Å². The number of amides is 1. The Kier molecular flexibility index (Phi) is 5.53. The predicted molar refractivity (Wildman–Crippen MR) is 98.6 cm³/mol. The third-order valence-electron chi connectivity index (χ3n) is 4.59. The Labute approximate surface area is 151 Å². The lowest BCUT2D eigenvalue weighted by molar-refractivity contribution is -0.112. The van der Waals surface area contributed by atoms with E-state index in [1.165, 1.54) is 7.11 Å². The van der Waals surface area contributed by atoms with E-state index in [-0.39, 0.29) is 5.91 Å². The maximum absolute atomic E-state index is 12.7. The second-order valence-corrected chi connectivity index (χ2v) is 7.15. The summed E-state index contributed by atoms with van der Waals surface area (Å²) in [5.74, 6) is -0.0803. The summed E-state index contributed by atoms with van der Waals surface area (Å²) in [4.78, 5) is 24.2. The number of halogens is 1. The van der Waals surface area contributed by atoms with Crippen molar-refractivity contribution in [2.24, 2.45) is 5.16 Å². The van der Waals surface area contributed by atoms with Gasteiger partial charge in [-0.05, 0) is 38.2 Å². The van der Waals surface area contributed by atoms with Gasteiger partial charge in [0.1, 0.15) is 7.11 Å². The van der Waals surface area contributed by atoms with Crippen molar-refractivity contribution in [3.05, 3.63) is 28.2 Å². The topological polar surface area (TPSA) is 48.4 Å². The van der Waals surface area contributed by atoms with Crippen LogP contribution in [0.1, 0.15) is 12.0 Å². The number of fused-ring (bicyclic) bond motifs is 1. The summed E-state index contributed by atoms with van der Waals surface area (Å²) >= 11 is 3.46. The van der Waals surface area contributed by atoms with Crippen molar-refractivity contribution >= 4 is 33.2 Å². The number of oxime groups is 1. The van der Waals surface area contributed by atoms with Gasteiger partial charge in [0.2, 0.25) is 0 Å². The lowest BCUT2D eigenvalue weighted by Crippen LogP contribution is -2.45. The Bertz CT molecular complexity index is 641. The second kappa shape index (κ2) is 7.63. The first-order valence-corrected chi connectivity index (χ1v) is 9.03. The number of anilines is 1. The fourth-order valence-electron chi connectivity index (χ4n) is 3.21. The quantitative estimate of drug-likeness (QED) is 0.714. The standard InChI is InChI=1S/C17H23BrN4O2/c1-20-8-10-21(11-9-20)6-3-7-22-15-5-4-13(18)12-14(15)16(17(22)23)19-24-2/h4-5,12H,3,6-11H2,1-2H3. The molecule has 0 N–H and O–H groups in total. The van der Waals surface area contributed by atoms with Gasteiger partial charge < -0.3 is 19.5 Å². The van der Waals surface area contributed by atoms with Gasteiger partial charge in [-0.25, -0.2) is 0 Å². The highest BCUT2D eigenvalue weighted by molar-refractivity contribution is 9.10. The molecular formula is C17H23BrN4O2. The van der Waals surface area contributed by atoms with Crippen molar-refractivity contribution in [1.29, 1.82) is 0 Å². The van der Waals surface area contributed by atoms with Gasteiger partial charge in [-0.15, -0.1) is 0 Å². The molecule has 24 heavy (non-hydrogen) atoms. The smallest absolute Gasteiger partial charge is 0.281 e. The molecule has 0 bridgehead atoms. The Balaban J connectivity index is 1.66. The van der Waals surface area contributed by atoms with Crippen LogP contribution in [0.2, 0.25) is 0 Å². The van der Waals surface area contributed by atoms with Crippen LogP contribution in [0.5, 0.6) is 0 Å². The Morgan fingerprint density at radius 3 is 2.67 bits per heavy atom. The number of likely N-dealkylation sites (N-methyl/N-ethyl adjacent to an activating group) is 1. The van der Waals surface area contributed by atoms with Crippen LogP contribution in [0, 0.1) is 0 Å². The molecule has 0 unspecified atom stereocenters. The van der Waals surface area contributed by atoms with E-state index in [4.69, 9.17) is 4.84 Å². The van der Waals surface area contributed by atoms with Crippen LogP contribution in [0.4, 0.5) is 5.69 Å². The van der Waals surface area contributed by atoms with Crippen molar-refractivity contribution in [2.75, 3.05) is 58.3 Å². The Morgan fingerprint density at radius 1 is 1.21 bits per heavy atom. The minimum absolute atomic E-state index is 0.0803. The highest BCUT2D eigenvalue weighted by atomic mass is 79.9. The Hall–Kier alpha value is -1.44. The molecule has 7 heteroatoms. The van der Waals surface area contributed by atoms with E-state index >= 15 is 0 Å². The van der Waals surface area contributed by atoms with Crippen LogP contribution < -0.4 is 4.90 Å². The fraction of sp³-hybridized carbons (Fsp3) is 0.529. The summed E-state index contributed by atoms with van der Waals surface area (Å²) < 4.78 is 0.928. The molecule has 0 saturated carbocycles. The van der Waals surface area contributed by atoms with Gasteiger partial charge >= 0.3 is 0 Å². The minimum atomic E-state index is -0.0803. The van der Waals surface area contributed by atoms with Crippen molar-refractivity contribution in [1.82, 2.24) is 9.80 Å². The highest BCUT2D eigenvalue weighted by Gasteiger charge is 2.34. The van der Waals surface area contributed by atoms with Crippen LogP contribution in [-0.4, -0.2) is 74.8 Å². The molecule has 2 aliphatic rings. The summed E-state index contributed by atoms with van der Waals surface area (Å²) in [6.45, 7) is 6.14. The molecule has 130 valence electrons. The SMILES string of the molecule is CON=C1C(=O)N(CCCN2CCN(C)CC2)c2ccc(Br)cc21. The zero-order chi connectivity index (χ0) is 17.1. The zero-order valence-corrected chi connectivity index (χ0v) is 15.8. The van der Waals surface area contributed by atoms with E-state index in [2.05, 4.69) is 37.9 Å². The maximum atomic E-state index is 12.7. The van der Waals surface area contributed by atoms with Gasteiger partial charge in [0.25, 0.3) is 5.91 Å². The van der Waals surface area contributed by atoms with E-state index in [0.29, 0.717) is 12.3 Å². The molecule has 0 aliphatic carbocycles. The number of piperazine rings is 1. The number of hydrogen-bond acceptors (Lipinski definition) is 5.